The number of pyridine rings is 1. The third-order valence-electron chi connectivity index (χ3n) is 1.83. The van der Waals surface area contributed by atoms with Crippen LogP contribution in [0, 0.1) is 19.3 Å². The second-order valence-corrected chi connectivity index (χ2v) is 3.00. The summed E-state index contributed by atoms with van der Waals surface area (Å²) in [6, 6.07) is 3.92. The molecule has 0 spiro atoms. The molecule has 4 heteroatoms. The number of nitrogens with zero attached hydrogens (tertiary/aromatic N) is 3. The molecule has 0 aromatic carbocycles. The lowest BCUT2D eigenvalue weighted by Gasteiger charge is -1.91. The predicted octanol–water partition coefficient (Wildman–Crippen LogP) is 1.08. The van der Waals surface area contributed by atoms with E-state index in [4.69, 9.17) is 6.42 Å². The highest BCUT2D eigenvalue weighted by Gasteiger charge is 2.00. The molecule has 70 valence electrons. The minimum atomic E-state index is 0.440. The van der Waals surface area contributed by atoms with Crippen LogP contribution >= 0.6 is 0 Å². The summed E-state index contributed by atoms with van der Waals surface area (Å²) in [5.74, 6) is 3.04. The molecule has 1 N–H and O–H groups in total. The summed E-state index contributed by atoms with van der Waals surface area (Å²) >= 11 is 0. The van der Waals surface area contributed by atoms with Gasteiger partial charge in [0.1, 0.15) is 0 Å². The maximum atomic E-state index is 5.12. The Morgan fingerprint density at radius 1 is 1.57 bits per heavy atom. The summed E-state index contributed by atoms with van der Waals surface area (Å²) < 4.78 is 1.73. The summed E-state index contributed by atoms with van der Waals surface area (Å²) in [4.78, 5) is 4.24. The largest absolute Gasteiger partial charge is 0.342 e. The number of aromatic nitrogens is 3. The highest BCUT2D eigenvalue weighted by Crippen LogP contribution is 2.06. The molecule has 0 amide bonds. The van der Waals surface area contributed by atoms with Crippen LogP contribution in [0.3, 0.4) is 0 Å². The van der Waals surface area contributed by atoms with Crippen molar-refractivity contribution in [1.29, 1.82) is 0 Å². The van der Waals surface area contributed by atoms with Crippen LogP contribution in [0.2, 0.25) is 0 Å². The number of anilines is 1. The number of hydrogen-bond donors (Lipinski definition) is 1. The van der Waals surface area contributed by atoms with E-state index in [0.717, 1.165) is 11.2 Å². The minimum Gasteiger partial charge on any atom is -0.342 e. The van der Waals surface area contributed by atoms with Gasteiger partial charge in [-0.2, -0.15) is 4.98 Å². The normalized spacial score (nSPS) is 10.0. The third kappa shape index (κ3) is 1.52. The van der Waals surface area contributed by atoms with Crippen LogP contribution in [0.15, 0.2) is 18.3 Å². The molecule has 0 saturated heterocycles. The van der Waals surface area contributed by atoms with Crippen molar-refractivity contribution >= 4 is 11.6 Å². The Balaban J connectivity index is 2.37. The van der Waals surface area contributed by atoms with E-state index in [9.17, 15) is 0 Å². The number of terminal acetylenes is 1. The summed E-state index contributed by atoms with van der Waals surface area (Å²) in [5, 5.41) is 7.13. The number of nitrogens with one attached hydrogen (secondary N) is 1. The van der Waals surface area contributed by atoms with Crippen LogP contribution in [0.5, 0.6) is 0 Å². The molecule has 0 radical (unpaired) electrons. The van der Waals surface area contributed by atoms with Gasteiger partial charge in [0.25, 0.3) is 0 Å². The van der Waals surface area contributed by atoms with E-state index < -0.39 is 0 Å². The Hall–Kier alpha value is -2.02. The lowest BCUT2D eigenvalue weighted by Crippen LogP contribution is -2.00. The second kappa shape index (κ2) is 3.38. The molecule has 0 aliphatic heterocycles. The van der Waals surface area contributed by atoms with E-state index in [1.54, 1.807) is 4.52 Å². The maximum Gasteiger partial charge on any atom is 0.243 e. The summed E-state index contributed by atoms with van der Waals surface area (Å²) in [6.07, 6.45) is 7.04. The molecule has 0 atom stereocenters. The number of aryl methyl sites for hydroxylation is 1. The van der Waals surface area contributed by atoms with Gasteiger partial charge in [0.05, 0.1) is 6.54 Å². The van der Waals surface area contributed by atoms with Crippen molar-refractivity contribution in [3.8, 4) is 12.3 Å². The minimum absolute atomic E-state index is 0.440. The molecule has 4 nitrogen and oxygen atoms in total. The highest BCUT2D eigenvalue weighted by molar-refractivity contribution is 5.44. The van der Waals surface area contributed by atoms with Crippen molar-refractivity contribution < 1.29 is 0 Å². The van der Waals surface area contributed by atoms with Crippen LogP contribution < -0.4 is 5.32 Å². The molecule has 14 heavy (non-hydrogen) atoms. The molecule has 0 unspecified atom stereocenters. The summed E-state index contributed by atoms with van der Waals surface area (Å²) in [5.41, 5.74) is 1.96. The molecule has 2 aromatic rings. The Morgan fingerprint density at radius 2 is 2.43 bits per heavy atom. The van der Waals surface area contributed by atoms with E-state index in [2.05, 4.69) is 21.3 Å². The van der Waals surface area contributed by atoms with E-state index in [0.29, 0.717) is 12.5 Å². The second-order valence-electron chi connectivity index (χ2n) is 3.00. The molecule has 0 aliphatic rings. The Morgan fingerprint density at radius 3 is 3.21 bits per heavy atom. The van der Waals surface area contributed by atoms with Crippen molar-refractivity contribution in [3.63, 3.8) is 0 Å². The van der Waals surface area contributed by atoms with Crippen LogP contribution in [-0.4, -0.2) is 21.1 Å². The van der Waals surface area contributed by atoms with E-state index in [-0.39, 0.29) is 0 Å². The topological polar surface area (TPSA) is 42.2 Å². The number of rotatable bonds is 2. The fourth-order valence-corrected chi connectivity index (χ4v) is 1.19. The Bertz CT molecular complexity index is 492. The van der Waals surface area contributed by atoms with Crippen molar-refractivity contribution in [3.05, 3.63) is 23.9 Å². The fraction of sp³-hybridized carbons (Fsp3) is 0.200. The van der Waals surface area contributed by atoms with Crippen molar-refractivity contribution in [2.75, 3.05) is 11.9 Å². The summed E-state index contributed by atoms with van der Waals surface area (Å²) in [7, 11) is 0. The third-order valence-corrected chi connectivity index (χ3v) is 1.83. The van der Waals surface area contributed by atoms with Crippen LogP contribution in [0.1, 0.15) is 5.56 Å². The molecule has 0 fully saturated rings. The van der Waals surface area contributed by atoms with Gasteiger partial charge in [-0.05, 0) is 18.6 Å². The van der Waals surface area contributed by atoms with Gasteiger partial charge in [-0.25, -0.2) is 4.52 Å². The molecule has 2 rings (SSSR count). The van der Waals surface area contributed by atoms with Gasteiger partial charge in [0.2, 0.25) is 5.95 Å². The van der Waals surface area contributed by atoms with Gasteiger partial charge in [-0.15, -0.1) is 11.5 Å². The number of hydrogen-bond acceptors (Lipinski definition) is 3. The standard InChI is InChI=1S/C10H10N4/c1-3-6-11-10-12-9-5-4-8(2)7-14(9)13-10/h1,4-5,7H,6H2,2H3,(H,11,13). The van der Waals surface area contributed by atoms with Gasteiger partial charge >= 0.3 is 0 Å². The first-order chi connectivity index (χ1) is 6.79. The average Bonchev–Trinajstić information content (AvgIpc) is 2.56. The van der Waals surface area contributed by atoms with Crippen LogP contribution in [0.25, 0.3) is 5.65 Å². The van der Waals surface area contributed by atoms with Gasteiger partial charge in [-0.1, -0.05) is 12.0 Å². The summed E-state index contributed by atoms with van der Waals surface area (Å²) in [6.45, 7) is 2.45. The molecular weight excluding hydrogens is 176 g/mol. The lowest BCUT2D eigenvalue weighted by atomic mass is 10.3. The molecule has 0 aliphatic carbocycles. The van der Waals surface area contributed by atoms with E-state index in [1.807, 2.05) is 25.3 Å². The van der Waals surface area contributed by atoms with Crippen molar-refractivity contribution in [1.82, 2.24) is 14.6 Å². The lowest BCUT2D eigenvalue weighted by molar-refractivity contribution is 0.951. The van der Waals surface area contributed by atoms with Crippen molar-refractivity contribution in [2.24, 2.45) is 0 Å². The zero-order valence-electron chi connectivity index (χ0n) is 7.86. The zero-order chi connectivity index (χ0) is 9.97. The average molecular weight is 186 g/mol. The molecular formula is C10H10N4. The van der Waals surface area contributed by atoms with Crippen molar-refractivity contribution in [2.45, 2.75) is 6.92 Å². The SMILES string of the molecule is C#CCNc1nc2ccc(C)cn2n1. The van der Waals surface area contributed by atoms with E-state index in [1.165, 1.54) is 0 Å². The first-order valence-corrected chi connectivity index (χ1v) is 4.30. The maximum absolute atomic E-state index is 5.12. The quantitative estimate of drug-likeness (QED) is 0.714. The number of fused-ring (bicyclic) bond motifs is 1. The fourth-order valence-electron chi connectivity index (χ4n) is 1.19. The Kier molecular flexibility index (Phi) is 2.07. The van der Waals surface area contributed by atoms with Gasteiger partial charge < -0.3 is 5.32 Å². The molecule has 0 saturated carbocycles. The van der Waals surface area contributed by atoms with Gasteiger partial charge in [-0.3, -0.25) is 0 Å². The molecule has 2 aromatic heterocycles. The van der Waals surface area contributed by atoms with Gasteiger partial charge in [0, 0.05) is 6.20 Å². The van der Waals surface area contributed by atoms with Crippen LogP contribution in [-0.2, 0) is 0 Å². The highest BCUT2D eigenvalue weighted by atomic mass is 15.3. The monoisotopic (exact) mass is 186 g/mol. The first-order valence-electron chi connectivity index (χ1n) is 4.30. The predicted molar refractivity (Wildman–Crippen MR) is 55.0 cm³/mol. The molecule has 0 bridgehead atoms. The molecule has 2 heterocycles. The smallest absolute Gasteiger partial charge is 0.243 e. The van der Waals surface area contributed by atoms with Crippen LogP contribution in [0.4, 0.5) is 5.95 Å². The first kappa shape index (κ1) is 8.57. The van der Waals surface area contributed by atoms with Gasteiger partial charge in [0.15, 0.2) is 5.65 Å². The Labute approximate surface area is 82.0 Å². The van der Waals surface area contributed by atoms with E-state index >= 15 is 0 Å². The zero-order valence-corrected chi connectivity index (χ0v) is 7.86.